The molecule has 186 valence electrons. The zero-order chi connectivity index (χ0) is 24.9. The number of primary amides is 1. The molecule has 4 N–H and O–H groups in total. The predicted molar refractivity (Wildman–Crippen MR) is 137 cm³/mol. The number of halogens is 1. The second-order valence-electron chi connectivity index (χ2n) is 8.95. The maximum absolute atomic E-state index is 13.4. The number of rotatable bonds is 9. The number of amides is 1. The lowest BCUT2D eigenvalue weighted by atomic mass is 10.1. The Morgan fingerprint density at radius 1 is 1.06 bits per heavy atom. The molecule has 0 atom stereocenters. The van der Waals surface area contributed by atoms with Crippen molar-refractivity contribution in [1.29, 1.82) is 0 Å². The van der Waals surface area contributed by atoms with E-state index in [0.29, 0.717) is 24.5 Å². The van der Waals surface area contributed by atoms with Gasteiger partial charge in [-0.3, -0.25) is 9.36 Å². The number of aromatic nitrogens is 4. The molecule has 36 heavy (non-hydrogen) atoms. The number of pyridine rings is 2. The molecule has 1 aliphatic rings. The molecule has 1 aliphatic heterocycles. The minimum absolute atomic E-state index is 0.249. The van der Waals surface area contributed by atoms with Crippen LogP contribution in [-0.4, -0.2) is 62.5 Å². The normalized spacial score (nSPS) is 14.7. The number of fused-ring (bicyclic) bond motifs is 1. The Bertz CT molecular complexity index is 1330. The quantitative estimate of drug-likeness (QED) is 0.332. The van der Waals surface area contributed by atoms with Gasteiger partial charge in [0.05, 0.1) is 12.1 Å². The number of benzene rings is 1. The smallest absolute Gasteiger partial charge is 0.252 e. The topological polar surface area (TPSA) is 114 Å². The lowest BCUT2D eigenvalue weighted by Gasteiger charge is -2.32. The van der Waals surface area contributed by atoms with Gasteiger partial charge in [0.2, 0.25) is 5.95 Å². The van der Waals surface area contributed by atoms with Crippen LogP contribution in [0, 0.1) is 5.82 Å². The summed E-state index contributed by atoms with van der Waals surface area (Å²) in [6, 6.07) is 14.0. The fraction of sp³-hybridized carbons (Fsp3) is 0.308. The number of nitrogens with one attached hydrogen (secondary N) is 2. The Hall–Kier alpha value is -4.05. The highest BCUT2D eigenvalue weighted by Gasteiger charge is 2.22. The lowest BCUT2D eigenvalue weighted by Crippen LogP contribution is -2.41. The first-order valence-electron chi connectivity index (χ1n) is 12.1. The third-order valence-electron chi connectivity index (χ3n) is 6.47. The highest BCUT2D eigenvalue weighted by Crippen LogP contribution is 2.23. The second-order valence-corrected chi connectivity index (χ2v) is 8.95. The van der Waals surface area contributed by atoms with E-state index in [-0.39, 0.29) is 11.9 Å². The average molecular weight is 489 g/mol. The third kappa shape index (κ3) is 5.44. The molecule has 0 bridgehead atoms. The van der Waals surface area contributed by atoms with E-state index >= 15 is 0 Å². The SMILES string of the molecule is NC(=O)c1cccnc1NCCN1CCC(Nc2nc3cccnc3n2Cc2ccc(F)cc2)CC1. The van der Waals surface area contributed by atoms with Gasteiger partial charge < -0.3 is 21.3 Å². The van der Waals surface area contributed by atoms with Crippen LogP contribution in [0.1, 0.15) is 28.8 Å². The average Bonchev–Trinajstić information content (AvgIpc) is 3.23. The van der Waals surface area contributed by atoms with E-state index in [1.807, 2.05) is 12.1 Å². The maximum atomic E-state index is 13.4. The van der Waals surface area contributed by atoms with Gasteiger partial charge in [0, 0.05) is 44.6 Å². The molecule has 0 saturated carbocycles. The molecule has 10 heteroatoms. The lowest BCUT2D eigenvalue weighted by molar-refractivity contribution is 0.100. The molecule has 1 saturated heterocycles. The summed E-state index contributed by atoms with van der Waals surface area (Å²) in [6.45, 7) is 3.96. The van der Waals surface area contributed by atoms with Crippen molar-refractivity contribution < 1.29 is 9.18 Å². The molecule has 0 aliphatic carbocycles. The molecule has 3 aromatic heterocycles. The minimum atomic E-state index is -0.488. The molecule has 1 fully saturated rings. The predicted octanol–water partition coefficient (Wildman–Crippen LogP) is 3.10. The van der Waals surface area contributed by atoms with Gasteiger partial charge in [-0.2, -0.15) is 0 Å². The summed E-state index contributed by atoms with van der Waals surface area (Å²) in [7, 11) is 0. The van der Waals surface area contributed by atoms with Crippen LogP contribution in [0.2, 0.25) is 0 Å². The summed E-state index contributed by atoms with van der Waals surface area (Å²) in [6.07, 6.45) is 5.36. The van der Waals surface area contributed by atoms with E-state index < -0.39 is 5.91 Å². The van der Waals surface area contributed by atoms with E-state index in [0.717, 1.165) is 55.2 Å². The Balaban J connectivity index is 1.18. The first kappa shape index (κ1) is 23.7. The standard InChI is InChI=1S/C26H29FN8O/c27-19-7-5-18(6-8-19)17-35-25-22(4-2-12-31-25)33-26(35)32-20-9-14-34(15-10-20)16-13-30-24-21(23(28)36)3-1-11-29-24/h1-8,11-12,20H,9-10,13-17H2,(H2,28,36)(H,29,30)(H,32,33). The monoisotopic (exact) mass is 488 g/mol. The van der Waals surface area contributed by atoms with Crippen LogP contribution in [0.3, 0.4) is 0 Å². The highest BCUT2D eigenvalue weighted by atomic mass is 19.1. The summed E-state index contributed by atoms with van der Waals surface area (Å²) in [5.41, 5.74) is 8.45. The van der Waals surface area contributed by atoms with E-state index in [9.17, 15) is 9.18 Å². The van der Waals surface area contributed by atoms with Crippen LogP contribution in [0.4, 0.5) is 16.2 Å². The zero-order valence-corrected chi connectivity index (χ0v) is 19.9. The van der Waals surface area contributed by atoms with Crippen molar-refractivity contribution in [3.8, 4) is 0 Å². The van der Waals surface area contributed by atoms with Crippen LogP contribution in [0.5, 0.6) is 0 Å². The number of carbonyl (C=O) groups excluding carboxylic acids is 1. The Morgan fingerprint density at radius 2 is 1.81 bits per heavy atom. The first-order valence-corrected chi connectivity index (χ1v) is 12.1. The summed E-state index contributed by atoms with van der Waals surface area (Å²) in [5.74, 6) is 0.566. The van der Waals surface area contributed by atoms with Crippen LogP contribution in [0.15, 0.2) is 60.9 Å². The summed E-state index contributed by atoms with van der Waals surface area (Å²) >= 11 is 0. The van der Waals surface area contributed by atoms with Crippen molar-refractivity contribution in [2.75, 3.05) is 36.8 Å². The Morgan fingerprint density at radius 3 is 2.58 bits per heavy atom. The molecule has 0 radical (unpaired) electrons. The number of hydrogen-bond donors (Lipinski definition) is 3. The third-order valence-corrected chi connectivity index (χ3v) is 6.47. The molecular formula is C26H29FN8O. The van der Waals surface area contributed by atoms with Gasteiger partial charge in [-0.05, 0) is 54.8 Å². The number of imidazole rings is 1. The van der Waals surface area contributed by atoms with E-state index in [1.54, 1.807) is 36.7 Å². The van der Waals surface area contributed by atoms with E-state index in [2.05, 4.69) is 30.1 Å². The van der Waals surface area contributed by atoms with Gasteiger partial charge in [-0.25, -0.2) is 19.3 Å². The number of piperidine rings is 1. The highest BCUT2D eigenvalue weighted by molar-refractivity contribution is 5.97. The van der Waals surface area contributed by atoms with Crippen LogP contribution in [0.25, 0.3) is 11.2 Å². The van der Waals surface area contributed by atoms with Gasteiger partial charge in [-0.1, -0.05) is 12.1 Å². The maximum Gasteiger partial charge on any atom is 0.252 e. The summed E-state index contributed by atoms with van der Waals surface area (Å²) in [5, 5.41) is 6.86. The Kier molecular flexibility index (Phi) is 7.03. The largest absolute Gasteiger partial charge is 0.368 e. The molecule has 1 aromatic carbocycles. The number of hydrogen-bond acceptors (Lipinski definition) is 7. The first-order chi connectivity index (χ1) is 17.6. The van der Waals surface area contributed by atoms with Gasteiger partial charge >= 0.3 is 0 Å². The van der Waals surface area contributed by atoms with Crippen LogP contribution >= 0.6 is 0 Å². The van der Waals surface area contributed by atoms with Gasteiger partial charge in [0.1, 0.15) is 17.2 Å². The summed E-state index contributed by atoms with van der Waals surface area (Å²) in [4.78, 5) is 27.5. The molecule has 9 nitrogen and oxygen atoms in total. The molecule has 0 unspecified atom stereocenters. The molecule has 1 amide bonds. The fourth-order valence-corrected chi connectivity index (χ4v) is 4.55. The number of carbonyl (C=O) groups is 1. The van der Waals surface area contributed by atoms with Crippen LogP contribution in [-0.2, 0) is 6.54 Å². The zero-order valence-electron chi connectivity index (χ0n) is 19.9. The molecular weight excluding hydrogens is 459 g/mol. The van der Waals surface area contributed by atoms with Crippen molar-refractivity contribution >= 4 is 28.8 Å². The van der Waals surface area contributed by atoms with E-state index in [1.165, 1.54) is 12.1 Å². The van der Waals surface area contributed by atoms with E-state index in [4.69, 9.17) is 10.7 Å². The van der Waals surface area contributed by atoms with Gasteiger partial charge in [0.25, 0.3) is 5.91 Å². The van der Waals surface area contributed by atoms with Crippen molar-refractivity contribution in [3.63, 3.8) is 0 Å². The van der Waals surface area contributed by atoms with Crippen LogP contribution < -0.4 is 16.4 Å². The molecule has 4 heterocycles. The van der Waals surface area contributed by atoms with Crippen molar-refractivity contribution in [3.05, 3.63) is 77.9 Å². The van der Waals surface area contributed by atoms with Crippen molar-refractivity contribution in [2.24, 2.45) is 5.73 Å². The van der Waals surface area contributed by atoms with Gasteiger partial charge in [0.15, 0.2) is 5.65 Å². The molecule has 4 aromatic rings. The van der Waals surface area contributed by atoms with Gasteiger partial charge in [-0.15, -0.1) is 0 Å². The number of nitrogens with two attached hydrogens (primary N) is 1. The van der Waals surface area contributed by atoms with Crippen molar-refractivity contribution in [2.45, 2.75) is 25.4 Å². The number of nitrogens with zero attached hydrogens (tertiary/aromatic N) is 5. The number of anilines is 2. The molecule has 0 spiro atoms. The summed E-state index contributed by atoms with van der Waals surface area (Å²) < 4.78 is 15.4. The minimum Gasteiger partial charge on any atom is -0.368 e. The fourth-order valence-electron chi connectivity index (χ4n) is 4.55. The second kappa shape index (κ2) is 10.7. The molecule has 5 rings (SSSR count). The number of likely N-dealkylation sites (tertiary alicyclic amines) is 1. The van der Waals surface area contributed by atoms with Crippen molar-refractivity contribution in [1.82, 2.24) is 24.4 Å². The Labute approximate surface area is 208 Å².